The number of nitrogens with zero attached hydrogens (tertiary/aromatic N) is 2. The van der Waals surface area contributed by atoms with Crippen molar-refractivity contribution < 1.29 is 22.7 Å². The largest absolute Gasteiger partial charge is 0.490 e. The number of amides is 1. The van der Waals surface area contributed by atoms with Crippen LogP contribution in [0.25, 0.3) is 0 Å². The fraction of sp³-hybridized carbons (Fsp3) is 0.522. The normalized spacial score (nSPS) is 18.6. The quantitative estimate of drug-likeness (QED) is 0.638. The molecule has 0 radical (unpaired) electrons. The monoisotopic (exact) mass is 493 g/mol. The van der Waals surface area contributed by atoms with Crippen molar-refractivity contribution >= 4 is 27.3 Å². The van der Waals surface area contributed by atoms with Gasteiger partial charge in [-0.3, -0.25) is 9.69 Å². The van der Waals surface area contributed by atoms with Crippen LogP contribution in [0.15, 0.2) is 39.9 Å². The molecule has 1 N–H and O–H groups in total. The van der Waals surface area contributed by atoms with E-state index < -0.39 is 10.0 Å². The summed E-state index contributed by atoms with van der Waals surface area (Å²) in [4.78, 5) is 14.9. The average Bonchev–Trinajstić information content (AvgIpc) is 3.24. The van der Waals surface area contributed by atoms with Crippen molar-refractivity contribution in [2.24, 2.45) is 5.92 Å². The molecule has 2 aromatic rings. The summed E-state index contributed by atoms with van der Waals surface area (Å²) in [6.45, 7) is 7.43. The van der Waals surface area contributed by atoms with Crippen molar-refractivity contribution in [3.63, 3.8) is 0 Å². The number of thiophene rings is 1. The molecule has 10 heteroatoms. The predicted octanol–water partition coefficient (Wildman–Crippen LogP) is 2.73. The molecule has 0 saturated carbocycles. The number of sulfonamides is 1. The topological polar surface area (TPSA) is 88.2 Å². The number of carbonyl (C=O) groups excluding carboxylic acids is 1. The van der Waals surface area contributed by atoms with Crippen molar-refractivity contribution in [2.45, 2.75) is 30.5 Å². The van der Waals surface area contributed by atoms with E-state index in [-0.39, 0.29) is 24.4 Å². The lowest BCUT2D eigenvalue weighted by Crippen LogP contribution is -2.51. The minimum atomic E-state index is -3.44. The lowest BCUT2D eigenvalue weighted by atomic mass is 9.95. The number of piperazine rings is 1. The van der Waals surface area contributed by atoms with Crippen LogP contribution in [-0.4, -0.2) is 69.5 Å². The predicted molar refractivity (Wildman–Crippen MR) is 127 cm³/mol. The van der Waals surface area contributed by atoms with E-state index in [1.807, 2.05) is 23.1 Å². The summed E-state index contributed by atoms with van der Waals surface area (Å²) >= 11 is 1.23. The molecule has 1 atom stereocenters. The Morgan fingerprint density at radius 2 is 1.82 bits per heavy atom. The Labute approximate surface area is 199 Å². The number of hydrogen-bond acceptors (Lipinski definition) is 7. The second-order valence-corrected chi connectivity index (χ2v) is 11.8. The van der Waals surface area contributed by atoms with Crippen LogP contribution >= 0.6 is 11.3 Å². The maximum atomic E-state index is 12.9. The van der Waals surface area contributed by atoms with E-state index in [0.29, 0.717) is 49.4 Å². The Kier molecular flexibility index (Phi) is 7.58. The van der Waals surface area contributed by atoms with Gasteiger partial charge in [0.15, 0.2) is 11.5 Å². The fourth-order valence-corrected chi connectivity index (χ4v) is 6.66. The average molecular weight is 494 g/mol. The summed E-state index contributed by atoms with van der Waals surface area (Å²) in [7, 11) is -3.44. The van der Waals surface area contributed by atoms with Crippen LogP contribution in [0.4, 0.5) is 0 Å². The highest BCUT2D eigenvalue weighted by Gasteiger charge is 2.30. The van der Waals surface area contributed by atoms with Gasteiger partial charge in [0.2, 0.25) is 5.91 Å². The molecule has 2 aliphatic rings. The maximum Gasteiger partial charge on any atom is 0.252 e. The molecule has 8 nitrogen and oxygen atoms in total. The Hall–Kier alpha value is -2.14. The maximum absolute atomic E-state index is 12.9. The van der Waals surface area contributed by atoms with Gasteiger partial charge in [-0.1, -0.05) is 26.0 Å². The number of nitrogens with one attached hydrogen (secondary N) is 1. The Balaban J connectivity index is 1.34. The van der Waals surface area contributed by atoms with E-state index >= 15 is 0 Å². The molecular weight excluding hydrogens is 462 g/mol. The van der Waals surface area contributed by atoms with Gasteiger partial charge in [0, 0.05) is 32.6 Å². The third kappa shape index (κ3) is 5.68. The van der Waals surface area contributed by atoms with E-state index in [2.05, 4.69) is 19.2 Å². The van der Waals surface area contributed by atoms with E-state index in [1.54, 1.807) is 17.5 Å². The highest BCUT2D eigenvalue weighted by atomic mass is 32.2. The van der Waals surface area contributed by atoms with Gasteiger partial charge < -0.3 is 14.8 Å². The van der Waals surface area contributed by atoms with E-state index in [4.69, 9.17) is 9.47 Å². The van der Waals surface area contributed by atoms with E-state index in [1.165, 1.54) is 15.6 Å². The summed E-state index contributed by atoms with van der Waals surface area (Å²) < 4.78 is 38.8. The molecule has 3 heterocycles. The molecule has 1 fully saturated rings. The number of carbonyl (C=O) groups is 1. The van der Waals surface area contributed by atoms with Crippen LogP contribution in [0.1, 0.15) is 31.9 Å². The molecule has 1 aromatic carbocycles. The number of benzene rings is 1. The zero-order valence-corrected chi connectivity index (χ0v) is 20.7. The lowest BCUT2D eigenvalue weighted by Gasteiger charge is -2.33. The zero-order valence-electron chi connectivity index (χ0n) is 19.0. The number of fused-ring (bicyclic) bond motifs is 1. The summed E-state index contributed by atoms with van der Waals surface area (Å²) in [5.41, 5.74) is 0.981. The molecule has 1 unspecified atom stereocenters. The first kappa shape index (κ1) is 24.0. The minimum Gasteiger partial charge on any atom is -0.490 e. The van der Waals surface area contributed by atoms with Crippen molar-refractivity contribution in [1.29, 1.82) is 0 Å². The van der Waals surface area contributed by atoms with Crippen molar-refractivity contribution in [3.8, 4) is 11.5 Å². The van der Waals surface area contributed by atoms with Crippen LogP contribution in [0.5, 0.6) is 11.5 Å². The summed E-state index contributed by atoms with van der Waals surface area (Å²) in [6, 6.07) is 9.06. The van der Waals surface area contributed by atoms with Crippen LogP contribution in [0.2, 0.25) is 0 Å². The second-order valence-electron chi connectivity index (χ2n) is 8.66. The molecule has 0 spiro atoms. The molecule has 4 rings (SSSR count). The van der Waals surface area contributed by atoms with Crippen LogP contribution in [0.3, 0.4) is 0 Å². The molecule has 180 valence electrons. The first-order chi connectivity index (χ1) is 15.8. The summed E-state index contributed by atoms with van der Waals surface area (Å²) in [6.07, 6.45) is 0.844. The molecular formula is C23H31N3O5S2. The van der Waals surface area contributed by atoms with Gasteiger partial charge in [0.25, 0.3) is 10.0 Å². The van der Waals surface area contributed by atoms with E-state index in [9.17, 15) is 13.2 Å². The third-order valence-electron chi connectivity index (χ3n) is 5.90. The first-order valence-electron chi connectivity index (χ1n) is 11.3. The molecule has 2 aliphatic heterocycles. The fourth-order valence-electron chi connectivity index (χ4n) is 4.10. The highest BCUT2D eigenvalue weighted by molar-refractivity contribution is 7.91. The van der Waals surface area contributed by atoms with Crippen LogP contribution in [-0.2, 0) is 14.8 Å². The second kappa shape index (κ2) is 10.4. The van der Waals surface area contributed by atoms with Crippen molar-refractivity contribution in [3.05, 3.63) is 41.3 Å². The standard InChI is InChI=1S/C23H31N3O5S2/c1-17(2)23(18-6-7-19-20(15-18)31-13-4-12-30-19)24-21(27)16-25-8-10-26(11-9-25)33(28,29)22-5-3-14-32-22/h3,5-7,14-15,17,23H,4,8-13,16H2,1-2H3,(H,24,27). The number of ether oxygens (including phenoxy) is 2. The first-order valence-corrected chi connectivity index (χ1v) is 13.6. The Bertz CT molecular complexity index is 1050. The van der Waals surface area contributed by atoms with Gasteiger partial charge in [-0.15, -0.1) is 11.3 Å². The molecule has 0 bridgehead atoms. The van der Waals surface area contributed by atoms with Gasteiger partial charge in [-0.05, 0) is 35.1 Å². The van der Waals surface area contributed by atoms with Gasteiger partial charge in [-0.25, -0.2) is 8.42 Å². The van der Waals surface area contributed by atoms with Gasteiger partial charge in [-0.2, -0.15) is 4.31 Å². The van der Waals surface area contributed by atoms with Crippen molar-refractivity contribution in [2.75, 3.05) is 45.9 Å². The zero-order chi connectivity index (χ0) is 23.4. The molecule has 33 heavy (non-hydrogen) atoms. The van der Waals surface area contributed by atoms with Gasteiger partial charge >= 0.3 is 0 Å². The highest BCUT2D eigenvalue weighted by Crippen LogP contribution is 2.34. The molecule has 1 amide bonds. The number of hydrogen-bond donors (Lipinski definition) is 1. The van der Waals surface area contributed by atoms with Crippen LogP contribution in [0, 0.1) is 5.92 Å². The van der Waals surface area contributed by atoms with Crippen molar-refractivity contribution in [1.82, 2.24) is 14.5 Å². The smallest absolute Gasteiger partial charge is 0.252 e. The third-order valence-corrected chi connectivity index (χ3v) is 9.17. The lowest BCUT2D eigenvalue weighted by molar-refractivity contribution is -0.123. The van der Waals surface area contributed by atoms with Crippen LogP contribution < -0.4 is 14.8 Å². The minimum absolute atomic E-state index is 0.0737. The van der Waals surface area contributed by atoms with Gasteiger partial charge in [0.1, 0.15) is 4.21 Å². The Morgan fingerprint density at radius 1 is 1.09 bits per heavy atom. The molecule has 1 saturated heterocycles. The molecule has 0 aliphatic carbocycles. The summed E-state index contributed by atoms with van der Waals surface area (Å²) in [5, 5.41) is 4.92. The Morgan fingerprint density at radius 3 is 2.48 bits per heavy atom. The van der Waals surface area contributed by atoms with E-state index in [0.717, 1.165) is 17.7 Å². The molecule has 1 aromatic heterocycles. The summed E-state index contributed by atoms with van der Waals surface area (Å²) in [5.74, 6) is 1.57. The SMILES string of the molecule is CC(C)C(NC(=O)CN1CCN(S(=O)(=O)c2cccs2)CC1)c1ccc2c(c1)OCCCO2. The number of rotatable bonds is 7. The van der Waals surface area contributed by atoms with Gasteiger partial charge in [0.05, 0.1) is 25.8 Å².